The molecule has 0 aliphatic heterocycles. The fourth-order valence-corrected chi connectivity index (χ4v) is 4.09. The Labute approximate surface area is 174 Å². The zero-order valence-corrected chi connectivity index (χ0v) is 18.0. The number of hydrogen-bond donors (Lipinski definition) is 2. The predicted molar refractivity (Wildman–Crippen MR) is 119 cm³/mol. The van der Waals surface area contributed by atoms with Crippen molar-refractivity contribution in [2.45, 2.75) is 51.7 Å². The summed E-state index contributed by atoms with van der Waals surface area (Å²) in [6.45, 7) is 6.76. The summed E-state index contributed by atoms with van der Waals surface area (Å²) in [7, 11) is 1.67. The van der Waals surface area contributed by atoms with Gasteiger partial charge in [0.1, 0.15) is 5.75 Å². The topological polar surface area (TPSA) is 57.6 Å². The molecule has 1 unspecified atom stereocenters. The van der Waals surface area contributed by atoms with E-state index < -0.39 is 6.10 Å². The van der Waals surface area contributed by atoms with Crippen LogP contribution in [0.2, 0.25) is 0 Å². The first-order valence-electron chi connectivity index (χ1n) is 10.2. The number of ether oxygens (including phenoxy) is 1. The van der Waals surface area contributed by atoms with Gasteiger partial charge in [0.2, 0.25) is 0 Å². The second kappa shape index (κ2) is 10.8. The predicted octanol–water partition coefficient (Wildman–Crippen LogP) is 4.34. The van der Waals surface area contributed by atoms with E-state index in [0.717, 1.165) is 28.9 Å². The molecule has 0 amide bonds. The van der Waals surface area contributed by atoms with Crippen LogP contribution < -0.4 is 10.1 Å². The maximum Gasteiger partial charge on any atom is 0.121 e. The average Bonchev–Trinajstić information content (AvgIpc) is 3.19. The normalized spacial score (nSPS) is 15.8. The van der Waals surface area contributed by atoms with E-state index in [9.17, 15) is 5.11 Å². The standard InChI is InChI=1S/C22H33N3O2.ClH/c1-16(2)14-25(18-8-4-5-9-18)15-19(26)13-24-21-12-20(27-3)11-17-7-6-10-23-22(17)21;/h6-7,10-12,16,18-19,24,26H,4-5,8-9,13-15H2,1-3H3;1H. The van der Waals surface area contributed by atoms with Crippen LogP contribution in [0.3, 0.4) is 0 Å². The third kappa shape index (κ3) is 5.97. The molecule has 1 aromatic carbocycles. The van der Waals surface area contributed by atoms with Crippen LogP contribution in [0.15, 0.2) is 30.5 Å². The summed E-state index contributed by atoms with van der Waals surface area (Å²) in [5.41, 5.74) is 1.81. The van der Waals surface area contributed by atoms with Crippen molar-refractivity contribution in [2.75, 3.05) is 32.1 Å². The molecule has 5 nitrogen and oxygen atoms in total. The van der Waals surface area contributed by atoms with Gasteiger partial charge in [-0.15, -0.1) is 12.4 Å². The summed E-state index contributed by atoms with van der Waals surface area (Å²) in [6, 6.07) is 8.50. The molecule has 1 saturated carbocycles. The summed E-state index contributed by atoms with van der Waals surface area (Å²) in [4.78, 5) is 6.98. The van der Waals surface area contributed by atoms with Crippen molar-refractivity contribution in [3.05, 3.63) is 30.5 Å². The molecule has 1 aliphatic carbocycles. The lowest BCUT2D eigenvalue weighted by Crippen LogP contribution is -2.43. The van der Waals surface area contributed by atoms with Crippen molar-refractivity contribution in [2.24, 2.45) is 5.92 Å². The number of nitrogens with one attached hydrogen (secondary N) is 1. The van der Waals surface area contributed by atoms with Gasteiger partial charge in [0.05, 0.1) is 24.4 Å². The highest BCUT2D eigenvalue weighted by atomic mass is 35.5. The van der Waals surface area contributed by atoms with E-state index in [0.29, 0.717) is 25.0 Å². The molecule has 0 bridgehead atoms. The molecule has 1 fully saturated rings. The number of halogens is 1. The average molecular weight is 408 g/mol. The lowest BCUT2D eigenvalue weighted by atomic mass is 10.1. The lowest BCUT2D eigenvalue weighted by molar-refractivity contribution is 0.0868. The van der Waals surface area contributed by atoms with E-state index in [1.165, 1.54) is 25.7 Å². The van der Waals surface area contributed by atoms with Crippen molar-refractivity contribution in [3.8, 4) is 5.75 Å². The van der Waals surface area contributed by atoms with Crippen LogP contribution in [0.5, 0.6) is 5.75 Å². The highest BCUT2D eigenvalue weighted by molar-refractivity contribution is 5.91. The molecule has 1 aromatic heterocycles. The molecule has 0 saturated heterocycles. The van der Waals surface area contributed by atoms with Crippen molar-refractivity contribution in [1.29, 1.82) is 0 Å². The van der Waals surface area contributed by atoms with E-state index >= 15 is 0 Å². The number of fused-ring (bicyclic) bond motifs is 1. The van der Waals surface area contributed by atoms with Gasteiger partial charge in [-0.2, -0.15) is 0 Å². The summed E-state index contributed by atoms with van der Waals surface area (Å²) in [5.74, 6) is 1.40. The van der Waals surface area contributed by atoms with E-state index in [2.05, 4.69) is 29.0 Å². The Morgan fingerprint density at radius 3 is 2.68 bits per heavy atom. The number of aliphatic hydroxyl groups is 1. The van der Waals surface area contributed by atoms with Gasteiger partial charge in [0.15, 0.2) is 0 Å². The van der Waals surface area contributed by atoms with Crippen LogP contribution in [-0.4, -0.2) is 53.9 Å². The van der Waals surface area contributed by atoms with Crippen molar-refractivity contribution in [3.63, 3.8) is 0 Å². The second-order valence-electron chi connectivity index (χ2n) is 8.07. The molecule has 1 aliphatic rings. The van der Waals surface area contributed by atoms with Gasteiger partial charge in [-0.05, 0) is 30.9 Å². The smallest absolute Gasteiger partial charge is 0.121 e. The number of anilines is 1. The molecular weight excluding hydrogens is 374 g/mol. The largest absolute Gasteiger partial charge is 0.497 e. The first-order chi connectivity index (χ1) is 13.1. The second-order valence-corrected chi connectivity index (χ2v) is 8.07. The molecule has 2 aromatic rings. The molecule has 2 N–H and O–H groups in total. The van der Waals surface area contributed by atoms with Gasteiger partial charge in [-0.3, -0.25) is 9.88 Å². The number of methoxy groups -OCH3 is 1. The Bertz CT molecular complexity index is 735. The summed E-state index contributed by atoms with van der Waals surface area (Å²) in [6.07, 6.45) is 6.52. The van der Waals surface area contributed by atoms with Crippen LogP contribution in [0.25, 0.3) is 10.9 Å². The number of aliphatic hydroxyl groups excluding tert-OH is 1. The molecule has 0 radical (unpaired) electrons. The highest BCUT2D eigenvalue weighted by Gasteiger charge is 2.25. The molecule has 6 heteroatoms. The maximum atomic E-state index is 10.7. The molecular formula is C22H34ClN3O2. The van der Waals surface area contributed by atoms with Gasteiger partial charge in [0.25, 0.3) is 0 Å². The fourth-order valence-electron chi connectivity index (χ4n) is 4.09. The number of nitrogens with zero attached hydrogens (tertiary/aromatic N) is 2. The third-order valence-corrected chi connectivity index (χ3v) is 5.33. The van der Waals surface area contributed by atoms with Crippen LogP contribution in [-0.2, 0) is 0 Å². The Morgan fingerprint density at radius 2 is 2.00 bits per heavy atom. The maximum absolute atomic E-state index is 10.7. The Kier molecular flexibility index (Phi) is 8.80. The minimum absolute atomic E-state index is 0. The number of pyridine rings is 1. The monoisotopic (exact) mass is 407 g/mol. The Balaban J connectivity index is 0.00000280. The highest BCUT2D eigenvalue weighted by Crippen LogP contribution is 2.28. The zero-order valence-electron chi connectivity index (χ0n) is 17.2. The lowest BCUT2D eigenvalue weighted by Gasteiger charge is -2.32. The fraction of sp³-hybridized carbons (Fsp3) is 0.591. The summed E-state index contributed by atoms with van der Waals surface area (Å²) in [5, 5.41) is 15.1. The van der Waals surface area contributed by atoms with Gasteiger partial charge >= 0.3 is 0 Å². The van der Waals surface area contributed by atoms with Crippen LogP contribution in [0.4, 0.5) is 5.69 Å². The summed E-state index contributed by atoms with van der Waals surface area (Å²) < 4.78 is 5.41. The van der Waals surface area contributed by atoms with Crippen molar-refractivity contribution in [1.82, 2.24) is 9.88 Å². The van der Waals surface area contributed by atoms with Crippen LogP contribution in [0, 0.1) is 5.92 Å². The first kappa shape index (κ1) is 22.7. The first-order valence-corrected chi connectivity index (χ1v) is 10.2. The SMILES string of the molecule is COc1cc(NCC(O)CN(CC(C)C)C2CCCC2)c2ncccc2c1.Cl. The minimum atomic E-state index is -0.422. The minimum Gasteiger partial charge on any atom is -0.497 e. The summed E-state index contributed by atoms with van der Waals surface area (Å²) >= 11 is 0. The number of benzene rings is 1. The van der Waals surface area contributed by atoms with Gasteiger partial charge < -0.3 is 15.2 Å². The Hall–Kier alpha value is -1.56. The van der Waals surface area contributed by atoms with Crippen molar-refractivity contribution < 1.29 is 9.84 Å². The van der Waals surface area contributed by atoms with E-state index in [1.54, 1.807) is 13.3 Å². The van der Waals surface area contributed by atoms with Gasteiger partial charge in [-0.1, -0.05) is 32.8 Å². The Morgan fingerprint density at radius 1 is 1.25 bits per heavy atom. The molecule has 1 atom stereocenters. The van der Waals surface area contributed by atoms with Crippen LogP contribution >= 0.6 is 12.4 Å². The third-order valence-electron chi connectivity index (χ3n) is 5.33. The van der Waals surface area contributed by atoms with Crippen LogP contribution in [0.1, 0.15) is 39.5 Å². The quantitative estimate of drug-likeness (QED) is 0.647. The molecule has 156 valence electrons. The molecule has 0 spiro atoms. The van der Waals surface area contributed by atoms with E-state index in [-0.39, 0.29) is 12.4 Å². The molecule has 28 heavy (non-hydrogen) atoms. The van der Waals surface area contributed by atoms with E-state index in [1.807, 2.05) is 24.3 Å². The molecule has 1 heterocycles. The van der Waals surface area contributed by atoms with Gasteiger partial charge in [-0.25, -0.2) is 0 Å². The zero-order chi connectivity index (χ0) is 19.2. The number of hydrogen-bond acceptors (Lipinski definition) is 5. The number of aromatic nitrogens is 1. The van der Waals surface area contributed by atoms with Gasteiger partial charge in [0, 0.05) is 43.3 Å². The van der Waals surface area contributed by atoms with Crippen molar-refractivity contribution >= 4 is 29.0 Å². The van der Waals surface area contributed by atoms with E-state index in [4.69, 9.17) is 4.74 Å². The number of rotatable bonds is 9. The molecule has 3 rings (SSSR count).